The number of piperidine rings is 2. The molecule has 0 bridgehead atoms. The zero-order chi connectivity index (χ0) is 19.9. The van der Waals surface area contributed by atoms with E-state index >= 15 is 0 Å². The van der Waals surface area contributed by atoms with E-state index in [0.717, 1.165) is 50.4 Å². The van der Waals surface area contributed by atoms with Crippen LogP contribution in [0.25, 0.3) is 0 Å². The van der Waals surface area contributed by atoms with Gasteiger partial charge in [0, 0.05) is 24.2 Å². The van der Waals surface area contributed by atoms with Crippen LogP contribution in [0.4, 0.5) is 0 Å². The van der Waals surface area contributed by atoms with Crippen LogP contribution in [0, 0.1) is 0 Å². The quantitative estimate of drug-likeness (QED) is 0.447. The van der Waals surface area contributed by atoms with E-state index in [1.165, 1.54) is 38.5 Å². The van der Waals surface area contributed by atoms with E-state index < -0.39 is 10.4 Å². The second-order valence-corrected chi connectivity index (χ2v) is 8.13. The van der Waals surface area contributed by atoms with Gasteiger partial charge in [-0.2, -0.15) is 8.42 Å². The van der Waals surface area contributed by atoms with Crippen molar-refractivity contribution in [1.82, 2.24) is 9.80 Å². The lowest BCUT2D eigenvalue weighted by atomic mass is 10.0. The van der Waals surface area contributed by atoms with E-state index in [2.05, 4.69) is 9.80 Å². The summed E-state index contributed by atoms with van der Waals surface area (Å²) in [6, 6.07) is 3.53. The van der Waals surface area contributed by atoms with Crippen molar-refractivity contribution in [3.63, 3.8) is 0 Å². The fourth-order valence-corrected chi connectivity index (χ4v) is 3.63. The first-order valence-corrected chi connectivity index (χ1v) is 10.8. The van der Waals surface area contributed by atoms with Crippen LogP contribution in [0.1, 0.15) is 49.7 Å². The third-order valence-electron chi connectivity index (χ3n) is 4.97. The molecule has 0 amide bonds. The first-order chi connectivity index (χ1) is 12.7. The third-order valence-corrected chi connectivity index (χ3v) is 4.97. The number of phenolic OH excluding ortho intramolecular Hbond substituents is 2. The minimum Gasteiger partial charge on any atom is -0.508 e. The molecule has 2 aliphatic heterocycles. The minimum atomic E-state index is -4.67. The first-order valence-electron chi connectivity index (χ1n) is 9.40. The topological polar surface area (TPSA) is 122 Å². The standard InChI is InChI=1S/C18H28N2O2.H2O4S/c21-17-12-16(14-20-9-5-2-6-10-20)18(22)11-15(17)13-19-7-3-1-4-8-19;1-5(2,3)4/h11-12,21-22H,1-10,13-14H2;(H2,1,2,3,4). The van der Waals surface area contributed by atoms with Crippen LogP contribution in [-0.2, 0) is 23.5 Å². The Labute approximate surface area is 161 Å². The monoisotopic (exact) mass is 402 g/mol. The summed E-state index contributed by atoms with van der Waals surface area (Å²) in [4.78, 5) is 4.73. The molecule has 0 saturated carbocycles. The normalized spacial score (nSPS) is 19.3. The van der Waals surface area contributed by atoms with Gasteiger partial charge in [-0.3, -0.25) is 18.9 Å². The van der Waals surface area contributed by atoms with Crippen LogP contribution in [0.3, 0.4) is 0 Å². The lowest BCUT2D eigenvalue weighted by Gasteiger charge is -2.28. The highest BCUT2D eigenvalue weighted by molar-refractivity contribution is 7.79. The van der Waals surface area contributed by atoms with Crippen molar-refractivity contribution in [3.8, 4) is 11.5 Å². The van der Waals surface area contributed by atoms with Crippen LogP contribution < -0.4 is 0 Å². The molecule has 9 heteroatoms. The molecule has 0 spiro atoms. The van der Waals surface area contributed by atoms with Crippen molar-refractivity contribution in [2.24, 2.45) is 0 Å². The predicted molar refractivity (Wildman–Crippen MR) is 102 cm³/mol. The van der Waals surface area contributed by atoms with E-state index in [0.29, 0.717) is 11.5 Å². The molecule has 4 N–H and O–H groups in total. The lowest BCUT2D eigenvalue weighted by Crippen LogP contribution is -2.29. The summed E-state index contributed by atoms with van der Waals surface area (Å²) in [6.07, 6.45) is 7.56. The summed E-state index contributed by atoms with van der Waals surface area (Å²) < 4.78 is 31.6. The summed E-state index contributed by atoms with van der Waals surface area (Å²) in [5.74, 6) is 0.658. The molecular formula is C18H30N2O6S. The number of aromatic hydroxyl groups is 2. The van der Waals surface area contributed by atoms with E-state index in [4.69, 9.17) is 17.5 Å². The Morgan fingerprint density at radius 1 is 0.704 bits per heavy atom. The summed E-state index contributed by atoms with van der Waals surface area (Å²) in [5.41, 5.74) is 1.70. The number of hydrogen-bond donors (Lipinski definition) is 4. The number of phenols is 2. The van der Waals surface area contributed by atoms with Crippen molar-refractivity contribution in [3.05, 3.63) is 23.3 Å². The zero-order valence-corrected chi connectivity index (χ0v) is 16.4. The Bertz CT molecular complexity index is 644. The Balaban J connectivity index is 0.000000465. The molecule has 2 heterocycles. The molecule has 2 saturated heterocycles. The second kappa shape index (κ2) is 10.2. The van der Waals surface area contributed by atoms with Gasteiger partial charge in [-0.15, -0.1) is 0 Å². The maximum atomic E-state index is 10.3. The highest BCUT2D eigenvalue weighted by atomic mass is 32.3. The summed E-state index contributed by atoms with van der Waals surface area (Å²) in [6.45, 7) is 5.85. The Morgan fingerprint density at radius 3 is 1.30 bits per heavy atom. The molecule has 0 aromatic heterocycles. The molecule has 2 aliphatic rings. The van der Waals surface area contributed by atoms with Gasteiger partial charge in [0.1, 0.15) is 11.5 Å². The largest absolute Gasteiger partial charge is 0.508 e. The molecule has 0 radical (unpaired) electrons. The number of benzene rings is 1. The highest BCUT2D eigenvalue weighted by Crippen LogP contribution is 2.30. The summed E-state index contributed by atoms with van der Waals surface area (Å²) in [7, 11) is -4.67. The number of likely N-dealkylation sites (tertiary alicyclic amines) is 2. The van der Waals surface area contributed by atoms with Crippen molar-refractivity contribution in [1.29, 1.82) is 0 Å². The Kier molecular flexibility index (Phi) is 8.30. The molecule has 27 heavy (non-hydrogen) atoms. The van der Waals surface area contributed by atoms with Gasteiger partial charge in [-0.1, -0.05) is 12.8 Å². The van der Waals surface area contributed by atoms with Gasteiger partial charge >= 0.3 is 10.4 Å². The van der Waals surface area contributed by atoms with Gasteiger partial charge in [0.25, 0.3) is 0 Å². The van der Waals surface area contributed by atoms with Crippen molar-refractivity contribution >= 4 is 10.4 Å². The molecule has 8 nitrogen and oxygen atoms in total. The molecule has 1 aromatic rings. The van der Waals surface area contributed by atoms with Crippen LogP contribution in [0.2, 0.25) is 0 Å². The maximum Gasteiger partial charge on any atom is 0.394 e. The number of rotatable bonds is 4. The third kappa shape index (κ3) is 8.44. The van der Waals surface area contributed by atoms with Crippen LogP contribution >= 0.6 is 0 Å². The highest BCUT2D eigenvalue weighted by Gasteiger charge is 2.17. The molecule has 3 rings (SSSR count). The fraction of sp³-hybridized carbons (Fsp3) is 0.667. The van der Waals surface area contributed by atoms with Crippen molar-refractivity contribution < 1.29 is 27.7 Å². The van der Waals surface area contributed by atoms with Gasteiger partial charge in [-0.25, -0.2) is 0 Å². The Morgan fingerprint density at radius 2 is 1.00 bits per heavy atom. The molecule has 2 fully saturated rings. The number of hydrogen-bond acceptors (Lipinski definition) is 6. The summed E-state index contributed by atoms with van der Waals surface area (Å²) >= 11 is 0. The SMILES string of the molecule is O=S(=O)(O)O.Oc1cc(CN2CCCCC2)c(O)cc1CN1CCCCC1. The van der Waals surface area contributed by atoms with Gasteiger partial charge in [0.05, 0.1) is 0 Å². The molecule has 154 valence electrons. The smallest absolute Gasteiger partial charge is 0.394 e. The van der Waals surface area contributed by atoms with Crippen LogP contribution in [0.5, 0.6) is 11.5 Å². The first kappa shape index (κ1) is 21.9. The lowest BCUT2D eigenvalue weighted by molar-refractivity contribution is 0.215. The maximum absolute atomic E-state index is 10.3. The minimum absolute atomic E-state index is 0.329. The molecular weight excluding hydrogens is 372 g/mol. The van der Waals surface area contributed by atoms with E-state index in [-0.39, 0.29) is 0 Å². The number of nitrogens with zero attached hydrogens (tertiary/aromatic N) is 2. The molecule has 0 unspecified atom stereocenters. The molecule has 0 aliphatic carbocycles. The summed E-state index contributed by atoms with van der Waals surface area (Å²) in [5, 5.41) is 20.6. The van der Waals surface area contributed by atoms with Gasteiger partial charge in [0.2, 0.25) is 0 Å². The van der Waals surface area contributed by atoms with Crippen LogP contribution in [-0.4, -0.2) is 63.7 Å². The van der Waals surface area contributed by atoms with E-state index in [1.807, 2.05) is 0 Å². The van der Waals surface area contributed by atoms with Gasteiger partial charge in [0.15, 0.2) is 0 Å². The van der Waals surface area contributed by atoms with Crippen molar-refractivity contribution in [2.75, 3.05) is 26.2 Å². The molecule has 1 aromatic carbocycles. The van der Waals surface area contributed by atoms with E-state index in [1.54, 1.807) is 12.1 Å². The average Bonchev–Trinajstić information content (AvgIpc) is 2.60. The van der Waals surface area contributed by atoms with Crippen molar-refractivity contribution in [2.45, 2.75) is 51.6 Å². The fourth-order valence-electron chi connectivity index (χ4n) is 3.63. The van der Waals surface area contributed by atoms with Crippen LogP contribution in [0.15, 0.2) is 12.1 Å². The van der Waals surface area contributed by atoms with E-state index in [9.17, 15) is 10.2 Å². The average molecular weight is 403 g/mol. The molecule has 0 atom stereocenters. The Hall–Kier alpha value is -1.39. The predicted octanol–water partition coefficient (Wildman–Crippen LogP) is 2.42. The van der Waals surface area contributed by atoms with Gasteiger partial charge in [-0.05, 0) is 64.0 Å². The second-order valence-electron chi connectivity index (χ2n) is 7.23. The van der Waals surface area contributed by atoms with Gasteiger partial charge < -0.3 is 10.2 Å². The zero-order valence-electron chi connectivity index (χ0n) is 15.5.